The first-order chi connectivity index (χ1) is 11.3. The van der Waals surface area contributed by atoms with Crippen LogP contribution in [0, 0.1) is 5.92 Å². The van der Waals surface area contributed by atoms with E-state index < -0.39 is 5.60 Å². The number of pyridine rings is 1. The van der Waals surface area contributed by atoms with Crippen molar-refractivity contribution in [2.24, 2.45) is 5.92 Å². The minimum Gasteiger partial charge on any atom is -0.444 e. The molecule has 0 radical (unpaired) electrons. The molecule has 2 amide bonds. The Kier molecular flexibility index (Phi) is 5.80. The molecule has 1 aromatic rings. The van der Waals surface area contributed by atoms with Gasteiger partial charge in [0.25, 0.3) is 5.91 Å². The van der Waals surface area contributed by atoms with E-state index in [-0.39, 0.29) is 12.0 Å². The maximum absolute atomic E-state index is 12.3. The molecule has 2 rings (SSSR count). The summed E-state index contributed by atoms with van der Waals surface area (Å²) in [5, 5.41) is 0. The van der Waals surface area contributed by atoms with Crippen molar-refractivity contribution in [3.8, 4) is 0 Å². The van der Waals surface area contributed by atoms with Crippen LogP contribution in [-0.2, 0) is 4.74 Å². The number of carbonyl (C=O) groups excluding carboxylic acids is 2. The standard InChI is InChI=1S/C18H27N3O3/c1-18(2,3)24-17(23)21-10-7-14(8-11-21)13-20(4)16(22)15-6-5-9-19-12-15/h5-6,9,12,14H,7-8,10-11,13H2,1-4H3. The molecule has 1 saturated heterocycles. The molecule has 6 nitrogen and oxygen atoms in total. The Bertz CT molecular complexity index is 561. The molecule has 1 aromatic heterocycles. The summed E-state index contributed by atoms with van der Waals surface area (Å²) in [4.78, 5) is 31.9. The van der Waals surface area contributed by atoms with Gasteiger partial charge < -0.3 is 14.5 Å². The van der Waals surface area contributed by atoms with E-state index in [9.17, 15) is 9.59 Å². The minimum absolute atomic E-state index is 0.0160. The first-order valence-electron chi connectivity index (χ1n) is 8.39. The third-order valence-electron chi connectivity index (χ3n) is 4.05. The highest BCUT2D eigenvalue weighted by Crippen LogP contribution is 2.21. The van der Waals surface area contributed by atoms with Crippen LogP contribution >= 0.6 is 0 Å². The molecule has 2 heterocycles. The van der Waals surface area contributed by atoms with Gasteiger partial charge in [-0.05, 0) is 51.7 Å². The van der Waals surface area contributed by atoms with Crippen LogP contribution in [0.4, 0.5) is 4.79 Å². The highest BCUT2D eigenvalue weighted by Gasteiger charge is 2.28. The maximum Gasteiger partial charge on any atom is 0.410 e. The van der Waals surface area contributed by atoms with E-state index in [0.29, 0.717) is 31.1 Å². The van der Waals surface area contributed by atoms with Gasteiger partial charge in [0.2, 0.25) is 0 Å². The first-order valence-corrected chi connectivity index (χ1v) is 8.39. The third-order valence-corrected chi connectivity index (χ3v) is 4.05. The molecule has 6 heteroatoms. The molecule has 0 spiro atoms. The van der Waals surface area contributed by atoms with Gasteiger partial charge in [0.1, 0.15) is 5.60 Å². The predicted octanol–water partition coefficient (Wildman–Crippen LogP) is 2.80. The van der Waals surface area contributed by atoms with Gasteiger partial charge in [-0.3, -0.25) is 9.78 Å². The Hall–Kier alpha value is -2.11. The van der Waals surface area contributed by atoms with Crippen molar-refractivity contribution < 1.29 is 14.3 Å². The van der Waals surface area contributed by atoms with Gasteiger partial charge in [0.15, 0.2) is 0 Å². The molecule has 0 saturated carbocycles. The fraction of sp³-hybridized carbons (Fsp3) is 0.611. The van der Waals surface area contributed by atoms with Gasteiger partial charge in [0, 0.05) is 39.1 Å². The molecule has 0 unspecified atom stereocenters. The van der Waals surface area contributed by atoms with E-state index in [4.69, 9.17) is 4.74 Å². The second-order valence-corrected chi connectivity index (χ2v) is 7.34. The van der Waals surface area contributed by atoms with E-state index in [1.165, 1.54) is 0 Å². The topological polar surface area (TPSA) is 62.7 Å². The Morgan fingerprint density at radius 2 is 2.00 bits per heavy atom. The highest BCUT2D eigenvalue weighted by atomic mass is 16.6. The lowest BCUT2D eigenvalue weighted by Crippen LogP contribution is -2.44. The molecule has 1 aliphatic rings. The molecule has 0 aromatic carbocycles. The highest BCUT2D eigenvalue weighted by molar-refractivity contribution is 5.93. The summed E-state index contributed by atoms with van der Waals surface area (Å²) in [6.07, 6.45) is 4.75. The molecule has 0 N–H and O–H groups in total. The fourth-order valence-electron chi connectivity index (χ4n) is 2.80. The van der Waals surface area contributed by atoms with Gasteiger partial charge >= 0.3 is 6.09 Å². The van der Waals surface area contributed by atoms with E-state index in [1.54, 1.807) is 34.3 Å². The van der Waals surface area contributed by atoms with Crippen molar-refractivity contribution in [3.63, 3.8) is 0 Å². The van der Waals surface area contributed by atoms with E-state index in [1.807, 2.05) is 27.8 Å². The number of hydrogen-bond acceptors (Lipinski definition) is 4. The van der Waals surface area contributed by atoms with Crippen molar-refractivity contribution >= 4 is 12.0 Å². The average Bonchev–Trinajstić information content (AvgIpc) is 2.54. The zero-order valence-corrected chi connectivity index (χ0v) is 15.0. The molecule has 0 bridgehead atoms. The van der Waals surface area contributed by atoms with Gasteiger partial charge in [-0.15, -0.1) is 0 Å². The Morgan fingerprint density at radius 1 is 1.33 bits per heavy atom. The van der Waals surface area contributed by atoms with Crippen LogP contribution in [-0.4, -0.2) is 59.1 Å². The monoisotopic (exact) mass is 333 g/mol. The Labute approximate surface area is 143 Å². The zero-order valence-electron chi connectivity index (χ0n) is 15.0. The predicted molar refractivity (Wildman–Crippen MR) is 91.7 cm³/mol. The molecule has 0 aliphatic carbocycles. The van der Waals surface area contributed by atoms with Crippen LogP contribution in [0.2, 0.25) is 0 Å². The third kappa shape index (κ3) is 5.22. The van der Waals surface area contributed by atoms with Gasteiger partial charge in [-0.25, -0.2) is 4.79 Å². The summed E-state index contributed by atoms with van der Waals surface area (Å²) in [5.41, 5.74) is 0.135. The summed E-state index contributed by atoms with van der Waals surface area (Å²) in [7, 11) is 1.82. The van der Waals surface area contributed by atoms with Crippen molar-refractivity contribution in [2.75, 3.05) is 26.7 Å². The maximum atomic E-state index is 12.3. The second-order valence-electron chi connectivity index (χ2n) is 7.34. The van der Waals surface area contributed by atoms with E-state index in [0.717, 1.165) is 12.8 Å². The number of amides is 2. The minimum atomic E-state index is -0.468. The molecule has 1 aliphatic heterocycles. The Morgan fingerprint density at radius 3 is 2.54 bits per heavy atom. The molecule has 1 fully saturated rings. The molecule has 24 heavy (non-hydrogen) atoms. The van der Waals surface area contributed by atoms with E-state index >= 15 is 0 Å². The molecular formula is C18H27N3O3. The van der Waals surface area contributed by atoms with E-state index in [2.05, 4.69) is 4.98 Å². The molecule has 132 valence electrons. The van der Waals surface area contributed by atoms with Crippen LogP contribution in [0.5, 0.6) is 0 Å². The normalized spacial score (nSPS) is 15.9. The number of carbonyl (C=O) groups is 2. The SMILES string of the molecule is CN(CC1CCN(C(=O)OC(C)(C)C)CC1)C(=O)c1cccnc1. The summed E-state index contributed by atoms with van der Waals surface area (Å²) in [6.45, 7) is 7.66. The van der Waals surface area contributed by atoms with Gasteiger partial charge in [-0.2, -0.15) is 0 Å². The van der Waals surface area contributed by atoms with Crippen molar-refractivity contribution in [3.05, 3.63) is 30.1 Å². The summed E-state index contributed by atoms with van der Waals surface area (Å²) in [6, 6.07) is 3.54. The lowest BCUT2D eigenvalue weighted by Gasteiger charge is -2.34. The summed E-state index contributed by atoms with van der Waals surface area (Å²) in [5.74, 6) is 0.381. The van der Waals surface area contributed by atoms with Crippen LogP contribution in [0.1, 0.15) is 44.0 Å². The van der Waals surface area contributed by atoms with Gasteiger partial charge in [0.05, 0.1) is 5.56 Å². The first kappa shape index (κ1) is 18.2. The van der Waals surface area contributed by atoms with Crippen LogP contribution in [0.15, 0.2) is 24.5 Å². The summed E-state index contributed by atoms with van der Waals surface area (Å²) >= 11 is 0. The second kappa shape index (κ2) is 7.64. The number of ether oxygens (including phenoxy) is 1. The smallest absolute Gasteiger partial charge is 0.410 e. The lowest BCUT2D eigenvalue weighted by atomic mass is 9.96. The van der Waals surface area contributed by atoms with Crippen molar-refractivity contribution in [1.82, 2.24) is 14.8 Å². The number of nitrogens with zero attached hydrogens (tertiary/aromatic N) is 3. The quantitative estimate of drug-likeness (QED) is 0.853. The van der Waals surface area contributed by atoms with Crippen LogP contribution in [0.25, 0.3) is 0 Å². The van der Waals surface area contributed by atoms with Gasteiger partial charge in [-0.1, -0.05) is 0 Å². The number of rotatable bonds is 3. The van der Waals surface area contributed by atoms with Crippen LogP contribution < -0.4 is 0 Å². The van der Waals surface area contributed by atoms with Crippen molar-refractivity contribution in [1.29, 1.82) is 0 Å². The van der Waals surface area contributed by atoms with Crippen LogP contribution in [0.3, 0.4) is 0 Å². The number of piperidine rings is 1. The largest absolute Gasteiger partial charge is 0.444 e. The van der Waals surface area contributed by atoms with Crippen molar-refractivity contribution in [2.45, 2.75) is 39.2 Å². The molecular weight excluding hydrogens is 306 g/mol. The number of likely N-dealkylation sites (tertiary alicyclic amines) is 1. The lowest BCUT2D eigenvalue weighted by molar-refractivity contribution is 0.0171. The number of hydrogen-bond donors (Lipinski definition) is 0. The molecule has 0 atom stereocenters. The number of aromatic nitrogens is 1. The average molecular weight is 333 g/mol. The zero-order chi connectivity index (χ0) is 17.7. The fourth-order valence-corrected chi connectivity index (χ4v) is 2.80. The Balaban J connectivity index is 1.80. The summed E-state index contributed by atoms with van der Waals surface area (Å²) < 4.78 is 5.41.